The van der Waals surface area contributed by atoms with E-state index in [2.05, 4.69) is 10.0 Å². The van der Waals surface area contributed by atoms with Crippen molar-refractivity contribution in [2.24, 2.45) is 0 Å². The first-order valence-corrected chi connectivity index (χ1v) is 13.1. The van der Waals surface area contributed by atoms with Crippen molar-refractivity contribution in [2.75, 3.05) is 10.0 Å². The minimum absolute atomic E-state index is 0.0480. The Morgan fingerprint density at radius 1 is 0.868 bits per heavy atom. The van der Waals surface area contributed by atoms with Crippen molar-refractivity contribution in [3.05, 3.63) is 129 Å². The van der Waals surface area contributed by atoms with Gasteiger partial charge in [-0.05, 0) is 72.5 Å². The molecule has 192 valence electrons. The Morgan fingerprint density at radius 3 is 2.26 bits per heavy atom. The van der Waals surface area contributed by atoms with E-state index in [0.29, 0.717) is 28.1 Å². The number of rotatable bonds is 8. The molecule has 0 aliphatic heterocycles. The summed E-state index contributed by atoms with van der Waals surface area (Å²) in [5, 5.41) is 14.0. The van der Waals surface area contributed by atoms with E-state index in [0.717, 1.165) is 11.1 Å². The molecule has 0 aliphatic rings. The minimum atomic E-state index is -3.84. The third kappa shape index (κ3) is 6.32. The van der Waals surface area contributed by atoms with Crippen molar-refractivity contribution in [3.63, 3.8) is 0 Å². The Labute approximate surface area is 220 Å². The topological polar surface area (TPSA) is 118 Å². The maximum atomic E-state index is 13.3. The quantitative estimate of drug-likeness (QED) is 0.123. The number of amides is 1. The number of carbonyl (C=O) groups is 1. The van der Waals surface area contributed by atoms with Gasteiger partial charge in [0, 0.05) is 23.4 Å². The monoisotopic (exact) mass is 527 g/mol. The number of sulfonamides is 1. The molecule has 8 nitrogen and oxygen atoms in total. The largest absolute Gasteiger partial charge is 0.322 e. The Balaban J connectivity index is 1.58. The van der Waals surface area contributed by atoms with Crippen LogP contribution in [-0.2, 0) is 14.8 Å². The van der Waals surface area contributed by atoms with Crippen LogP contribution in [0.15, 0.2) is 102 Å². The summed E-state index contributed by atoms with van der Waals surface area (Å²) < 4.78 is 28.4. The molecule has 9 heteroatoms. The first-order valence-electron chi connectivity index (χ1n) is 11.7. The van der Waals surface area contributed by atoms with Crippen LogP contribution in [0.4, 0.5) is 17.1 Å². The number of non-ortho nitro benzene ring substituents is 1. The van der Waals surface area contributed by atoms with Crippen LogP contribution >= 0.6 is 0 Å². The van der Waals surface area contributed by atoms with E-state index in [9.17, 15) is 23.3 Å². The van der Waals surface area contributed by atoms with Gasteiger partial charge in [0.25, 0.3) is 21.6 Å². The van der Waals surface area contributed by atoms with Crippen LogP contribution in [0.3, 0.4) is 0 Å². The van der Waals surface area contributed by atoms with Gasteiger partial charge in [0.1, 0.15) is 0 Å². The van der Waals surface area contributed by atoms with Gasteiger partial charge in [-0.15, -0.1) is 0 Å². The van der Waals surface area contributed by atoms with Crippen LogP contribution in [-0.4, -0.2) is 19.2 Å². The van der Waals surface area contributed by atoms with Gasteiger partial charge in [-0.25, -0.2) is 8.42 Å². The summed E-state index contributed by atoms with van der Waals surface area (Å²) in [6.45, 7) is 3.70. The summed E-state index contributed by atoms with van der Waals surface area (Å²) in [7, 11) is -3.84. The van der Waals surface area contributed by atoms with E-state index in [4.69, 9.17) is 0 Å². The van der Waals surface area contributed by atoms with Crippen molar-refractivity contribution in [3.8, 4) is 0 Å². The van der Waals surface area contributed by atoms with E-state index < -0.39 is 20.9 Å². The van der Waals surface area contributed by atoms with Crippen molar-refractivity contribution in [1.82, 2.24) is 0 Å². The predicted octanol–water partition coefficient (Wildman–Crippen LogP) is 6.19. The highest BCUT2D eigenvalue weighted by Gasteiger charge is 2.17. The van der Waals surface area contributed by atoms with Crippen LogP contribution in [0.2, 0.25) is 0 Å². The Hall–Kier alpha value is -4.76. The maximum Gasteiger partial charge on any atom is 0.270 e. The highest BCUT2D eigenvalue weighted by molar-refractivity contribution is 7.92. The van der Waals surface area contributed by atoms with Crippen LogP contribution in [0.25, 0.3) is 11.6 Å². The van der Waals surface area contributed by atoms with E-state index in [1.807, 2.05) is 32.0 Å². The van der Waals surface area contributed by atoms with Gasteiger partial charge in [-0.1, -0.05) is 54.6 Å². The molecule has 4 aromatic rings. The van der Waals surface area contributed by atoms with Crippen molar-refractivity contribution in [2.45, 2.75) is 18.7 Å². The first-order chi connectivity index (χ1) is 18.1. The van der Waals surface area contributed by atoms with Gasteiger partial charge in [0.05, 0.1) is 15.5 Å². The SMILES string of the molecule is Cc1ccc(C)c(NS(=O)(=O)c2ccc(NC(=O)/C(=C/c3cccc([N+](=O)[O-])c3)c3ccccc3)cc2)c1. The van der Waals surface area contributed by atoms with Gasteiger partial charge in [-0.2, -0.15) is 0 Å². The lowest BCUT2D eigenvalue weighted by Gasteiger charge is -2.13. The molecule has 4 rings (SSSR count). The Morgan fingerprint density at radius 2 is 1.58 bits per heavy atom. The molecule has 0 heterocycles. The predicted molar refractivity (Wildman–Crippen MR) is 149 cm³/mol. The maximum absolute atomic E-state index is 13.3. The standard InChI is InChI=1S/C29H25N3O5S/c1-20-11-12-21(2)28(17-20)31-38(36,37)26-15-13-24(14-16-26)30-29(33)27(23-8-4-3-5-9-23)19-22-7-6-10-25(18-22)32(34)35/h3-19,31H,1-2H3,(H,30,33)/b27-19+. The van der Waals surface area contributed by atoms with Crippen molar-refractivity contribution >= 4 is 44.6 Å². The molecular formula is C29H25N3O5S. The Bertz CT molecular complexity index is 1630. The number of hydrogen-bond acceptors (Lipinski definition) is 5. The smallest absolute Gasteiger partial charge is 0.270 e. The molecule has 0 saturated heterocycles. The summed E-state index contributed by atoms with van der Waals surface area (Å²) in [6, 6.07) is 26.2. The van der Waals surface area contributed by atoms with Gasteiger partial charge < -0.3 is 5.32 Å². The number of benzene rings is 4. The molecule has 0 atom stereocenters. The fourth-order valence-electron chi connectivity index (χ4n) is 3.76. The van der Waals surface area contributed by atoms with E-state index >= 15 is 0 Å². The number of nitrogens with zero attached hydrogens (tertiary/aromatic N) is 1. The molecule has 0 aromatic heterocycles. The average molecular weight is 528 g/mol. The van der Waals surface area contributed by atoms with Crippen LogP contribution in [0.1, 0.15) is 22.3 Å². The third-order valence-corrected chi connectivity index (χ3v) is 7.16. The highest BCUT2D eigenvalue weighted by atomic mass is 32.2. The zero-order valence-electron chi connectivity index (χ0n) is 20.7. The molecule has 0 fully saturated rings. The highest BCUT2D eigenvalue weighted by Crippen LogP contribution is 2.25. The van der Waals surface area contributed by atoms with Crippen molar-refractivity contribution in [1.29, 1.82) is 0 Å². The summed E-state index contributed by atoms with van der Waals surface area (Å²) in [4.78, 5) is 24.0. The molecule has 4 aromatic carbocycles. The third-order valence-electron chi connectivity index (χ3n) is 5.78. The number of hydrogen-bond donors (Lipinski definition) is 2. The number of carbonyl (C=O) groups excluding carboxylic acids is 1. The number of nitrogens with one attached hydrogen (secondary N) is 2. The molecule has 0 saturated carbocycles. The summed E-state index contributed by atoms with van der Waals surface area (Å²) in [5.74, 6) is -0.452. The summed E-state index contributed by atoms with van der Waals surface area (Å²) in [5.41, 5.74) is 3.94. The van der Waals surface area contributed by atoms with E-state index in [1.54, 1.807) is 48.5 Å². The molecule has 0 aliphatic carbocycles. The minimum Gasteiger partial charge on any atom is -0.322 e. The second-order valence-corrected chi connectivity index (χ2v) is 10.4. The second kappa shape index (κ2) is 11.1. The zero-order valence-corrected chi connectivity index (χ0v) is 21.5. The van der Waals surface area contributed by atoms with Gasteiger partial charge in [-0.3, -0.25) is 19.6 Å². The molecule has 1 amide bonds. The van der Waals surface area contributed by atoms with Crippen LogP contribution in [0, 0.1) is 24.0 Å². The fourth-order valence-corrected chi connectivity index (χ4v) is 4.88. The van der Waals surface area contributed by atoms with Crippen LogP contribution < -0.4 is 10.0 Å². The van der Waals surface area contributed by atoms with E-state index in [1.165, 1.54) is 36.4 Å². The molecule has 0 radical (unpaired) electrons. The van der Waals surface area contributed by atoms with Crippen molar-refractivity contribution < 1.29 is 18.1 Å². The lowest BCUT2D eigenvalue weighted by atomic mass is 10.0. The lowest BCUT2D eigenvalue weighted by Crippen LogP contribution is -2.15. The number of aryl methyl sites for hydroxylation is 2. The molecule has 0 bridgehead atoms. The number of anilines is 2. The van der Waals surface area contributed by atoms with Gasteiger partial charge >= 0.3 is 0 Å². The molecule has 2 N–H and O–H groups in total. The fraction of sp³-hybridized carbons (Fsp3) is 0.0690. The van der Waals surface area contributed by atoms with Gasteiger partial charge in [0.2, 0.25) is 0 Å². The second-order valence-electron chi connectivity index (χ2n) is 8.68. The molecular weight excluding hydrogens is 502 g/mol. The van der Waals surface area contributed by atoms with Crippen LogP contribution in [0.5, 0.6) is 0 Å². The molecule has 0 unspecified atom stereocenters. The number of nitro groups is 1. The zero-order chi connectivity index (χ0) is 27.3. The lowest BCUT2D eigenvalue weighted by molar-refractivity contribution is -0.384. The summed E-state index contributed by atoms with van der Waals surface area (Å²) >= 11 is 0. The molecule has 0 spiro atoms. The average Bonchev–Trinajstić information content (AvgIpc) is 2.90. The Kier molecular flexibility index (Phi) is 7.68. The van der Waals surface area contributed by atoms with E-state index in [-0.39, 0.29) is 10.6 Å². The summed E-state index contributed by atoms with van der Waals surface area (Å²) in [6.07, 6.45) is 1.57. The first kappa shape index (κ1) is 26.3. The number of nitro benzene ring substituents is 1. The molecule has 38 heavy (non-hydrogen) atoms. The normalized spacial score (nSPS) is 11.6. The van der Waals surface area contributed by atoms with Gasteiger partial charge in [0.15, 0.2) is 0 Å².